The first-order valence-electron chi connectivity index (χ1n) is 22.5. The van der Waals surface area contributed by atoms with Crippen LogP contribution >= 0.6 is 11.3 Å². The van der Waals surface area contributed by atoms with E-state index in [9.17, 15) is 0 Å². The van der Waals surface area contributed by atoms with E-state index in [1.807, 2.05) is 11.3 Å². The largest absolute Gasteiger partial charge is 0.308 e. The number of hydrogen-bond donors (Lipinski definition) is 0. The van der Waals surface area contributed by atoms with Gasteiger partial charge in [0, 0.05) is 26.7 Å². The smallest absolute Gasteiger partial charge is 0.0726 e. The van der Waals surface area contributed by atoms with Gasteiger partial charge < -0.3 is 4.90 Å². The predicted octanol–water partition coefficient (Wildman–Crippen LogP) is 17.5. The van der Waals surface area contributed by atoms with E-state index in [2.05, 4.69) is 241 Å². The monoisotopic (exact) mass is 841 g/mol. The molecular weight excluding hydrogens is 803 g/mol. The third kappa shape index (κ3) is 5.26. The SMILES string of the molecule is c1ccc2c(c1)-c1ccccc1C21c2ccccc2-c2c(N(c3ccc(-c4ccc5cc(-c6ccc7ccccc7c6)ccc5c4)cc3)c3cccc4c3sc3ccccc34)cccc21. The van der Waals surface area contributed by atoms with Crippen molar-refractivity contribution in [2.45, 2.75) is 5.41 Å². The highest BCUT2D eigenvalue weighted by Crippen LogP contribution is 2.65. The Morgan fingerprint density at radius 2 is 0.800 bits per heavy atom. The molecule has 2 aliphatic rings. The summed E-state index contributed by atoms with van der Waals surface area (Å²) in [5.74, 6) is 0. The summed E-state index contributed by atoms with van der Waals surface area (Å²) >= 11 is 1.88. The Labute approximate surface area is 381 Å². The van der Waals surface area contributed by atoms with Crippen molar-refractivity contribution in [2.24, 2.45) is 0 Å². The molecular formula is C63H39NS. The number of fused-ring (bicyclic) bond motifs is 15. The minimum atomic E-state index is -0.430. The van der Waals surface area contributed by atoms with Crippen LogP contribution in [0, 0.1) is 0 Å². The molecule has 0 bridgehead atoms. The fourth-order valence-electron chi connectivity index (χ4n) is 11.4. The molecule has 14 rings (SSSR count). The number of nitrogens with zero attached hydrogens (tertiary/aromatic N) is 1. The summed E-state index contributed by atoms with van der Waals surface area (Å²) in [5, 5.41) is 7.58. The second-order valence-corrected chi connectivity index (χ2v) is 18.6. The van der Waals surface area contributed by atoms with Crippen molar-refractivity contribution in [2.75, 3.05) is 4.90 Å². The molecule has 1 aromatic heterocycles. The maximum Gasteiger partial charge on any atom is 0.0726 e. The highest BCUT2D eigenvalue weighted by molar-refractivity contribution is 7.26. The minimum absolute atomic E-state index is 0.430. The lowest BCUT2D eigenvalue weighted by Gasteiger charge is -2.32. The highest BCUT2D eigenvalue weighted by atomic mass is 32.1. The molecule has 0 amide bonds. The summed E-state index contributed by atoms with van der Waals surface area (Å²) in [5.41, 5.74) is 18.5. The topological polar surface area (TPSA) is 3.24 Å². The summed E-state index contributed by atoms with van der Waals surface area (Å²) in [6.07, 6.45) is 0. The number of anilines is 3. The zero-order valence-electron chi connectivity index (χ0n) is 35.4. The van der Waals surface area contributed by atoms with Gasteiger partial charge in [-0.05, 0) is 131 Å². The Morgan fingerprint density at radius 3 is 1.51 bits per heavy atom. The van der Waals surface area contributed by atoms with E-state index >= 15 is 0 Å². The lowest BCUT2D eigenvalue weighted by atomic mass is 9.70. The number of hydrogen-bond acceptors (Lipinski definition) is 2. The van der Waals surface area contributed by atoms with Gasteiger partial charge >= 0.3 is 0 Å². The number of benzene rings is 11. The van der Waals surface area contributed by atoms with E-state index in [1.54, 1.807) is 0 Å². The molecule has 12 aromatic rings. The van der Waals surface area contributed by atoms with Gasteiger partial charge in [0.05, 0.1) is 21.5 Å². The van der Waals surface area contributed by atoms with Crippen LogP contribution in [0.2, 0.25) is 0 Å². The lowest BCUT2D eigenvalue weighted by molar-refractivity contribution is 0.794. The fraction of sp³-hybridized carbons (Fsp3) is 0.0159. The molecule has 1 spiro atoms. The van der Waals surface area contributed by atoms with Gasteiger partial charge in [-0.15, -0.1) is 11.3 Å². The highest BCUT2D eigenvalue weighted by Gasteiger charge is 2.52. The number of rotatable bonds is 5. The van der Waals surface area contributed by atoms with Crippen molar-refractivity contribution in [3.63, 3.8) is 0 Å². The molecule has 0 aliphatic heterocycles. The second kappa shape index (κ2) is 14.0. The summed E-state index contributed by atoms with van der Waals surface area (Å²) < 4.78 is 2.58. The van der Waals surface area contributed by atoms with Crippen LogP contribution in [0.5, 0.6) is 0 Å². The van der Waals surface area contributed by atoms with Crippen molar-refractivity contribution in [3.05, 3.63) is 259 Å². The first kappa shape index (κ1) is 36.4. The third-order valence-corrected chi connectivity index (χ3v) is 15.5. The molecule has 2 heteroatoms. The van der Waals surface area contributed by atoms with Crippen molar-refractivity contribution < 1.29 is 0 Å². The van der Waals surface area contributed by atoms with Crippen molar-refractivity contribution >= 4 is 70.1 Å². The summed E-state index contributed by atoms with van der Waals surface area (Å²) in [6.45, 7) is 0. The lowest BCUT2D eigenvalue weighted by Crippen LogP contribution is -2.26. The third-order valence-electron chi connectivity index (χ3n) is 14.2. The molecule has 0 saturated heterocycles. The van der Waals surface area contributed by atoms with E-state index < -0.39 is 5.41 Å². The van der Waals surface area contributed by atoms with Crippen LogP contribution < -0.4 is 4.90 Å². The van der Waals surface area contributed by atoms with Gasteiger partial charge in [0.15, 0.2) is 0 Å². The molecule has 2 aliphatic carbocycles. The maximum absolute atomic E-state index is 2.54. The average molecular weight is 842 g/mol. The van der Waals surface area contributed by atoms with Crippen LogP contribution in [0.4, 0.5) is 17.1 Å². The fourth-order valence-corrected chi connectivity index (χ4v) is 12.6. The van der Waals surface area contributed by atoms with Crippen LogP contribution in [0.15, 0.2) is 237 Å². The van der Waals surface area contributed by atoms with Crippen molar-refractivity contribution in [1.29, 1.82) is 0 Å². The average Bonchev–Trinajstić information content (AvgIpc) is 4.01. The van der Waals surface area contributed by atoms with E-state index in [0.717, 1.165) is 5.69 Å². The van der Waals surface area contributed by atoms with Gasteiger partial charge in [-0.1, -0.05) is 188 Å². The maximum atomic E-state index is 2.54. The molecule has 1 heterocycles. The van der Waals surface area contributed by atoms with E-state index in [1.165, 1.54) is 120 Å². The summed E-state index contributed by atoms with van der Waals surface area (Å²) in [6, 6.07) is 88.3. The molecule has 0 atom stereocenters. The molecule has 0 radical (unpaired) electrons. The molecule has 65 heavy (non-hydrogen) atoms. The molecule has 0 N–H and O–H groups in total. The van der Waals surface area contributed by atoms with Crippen LogP contribution in [-0.2, 0) is 5.41 Å². The van der Waals surface area contributed by atoms with Gasteiger partial charge in [-0.25, -0.2) is 0 Å². The summed E-state index contributed by atoms with van der Waals surface area (Å²) in [7, 11) is 0. The Morgan fingerprint density at radius 1 is 0.323 bits per heavy atom. The van der Waals surface area contributed by atoms with E-state index in [-0.39, 0.29) is 0 Å². The van der Waals surface area contributed by atoms with Crippen molar-refractivity contribution in [1.82, 2.24) is 0 Å². The van der Waals surface area contributed by atoms with Crippen LogP contribution in [-0.4, -0.2) is 0 Å². The first-order valence-corrected chi connectivity index (χ1v) is 23.3. The zero-order valence-corrected chi connectivity index (χ0v) is 36.2. The van der Waals surface area contributed by atoms with Gasteiger partial charge in [-0.2, -0.15) is 0 Å². The summed E-state index contributed by atoms with van der Waals surface area (Å²) in [4.78, 5) is 2.54. The van der Waals surface area contributed by atoms with Crippen molar-refractivity contribution in [3.8, 4) is 44.5 Å². The van der Waals surface area contributed by atoms with Crippen LogP contribution in [0.3, 0.4) is 0 Å². The first-order chi connectivity index (χ1) is 32.2. The molecule has 11 aromatic carbocycles. The van der Waals surface area contributed by atoms with Gasteiger partial charge in [0.2, 0.25) is 0 Å². The van der Waals surface area contributed by atoms with Gasteiger partial charge in [0.25, 0.3) is 0 Å². The second-order valence-electron chi connectivity index (χ2n) is 17.6. The van der Waals surface area contributed by atoms with Crippen LogP contribution in [0.1, 0.15) is 22.3 Å². The molecule has 1 nitrogen and oxygen atoms in total. The Kier molecular flexibility index (Phi) is 7.84. The Balaban J connectivity index is 0.936. The Hall–Kier alpha value is -8.04. The van der Waals surface area contributed by atoms with Gasteiger partial charge in [0.1, 0.15) is 0 Å². The molecule has 0 unspecified atom stereocenters. The zero-order chi connectivity index (χ0) is 42.6. The molecule has 0 saturated carbocycles. The quantitative estimate of drug-likeness (QED) is 0.167. The number of thiophene rings is 1. The normalized spacial score (nSPS) is 13.0. The standard InChI is InChI=1S/C63H39NS/c1-2-14-42-37-44(28-27-40(42)13-1)47-32-31-45-38-43(29-30-46(45)39-47)41-33-35-48(36-34-41)64(59-25-11-19-52-51-17-6-10-26-60(51)65-62(52)59)58-24-12-23-57-61(58)53-18-5-9-22-56(53)63(57)54-20-7-3-15-49(54)50-16-4-8-21-55(50)63/h1-39H. The molecule has 0 fully saturated rings. The molecule has 302 valence electrons. The van der Waals surface area contributed by atoms with Crippen LogP contribution in [0.25, 0.3) is 86.2 Å². The van der Waals surface area contributed by atoms with E-state index in [0.29, 0.717) is 0 Å². The minimum Gasteiger partial charge on any atom is -0.308 e. The Bertz CT molecular complexity index is 3860. The predicted molar refractivity (Wildman–Crippen MR) is 276 cm³/mol. The van der Waals surface area contributed by atoms with Gasteiger partial charge in [-0.3, -0.25) is 0 Å². The van der Waals surface area contributed by atoms with E-state index in [4.69, 9.17) is 0 Å².